The van der Waals surface area contributed by atoms with Gasteiger partial charge < -0.3 is 10.0 Å². The monoisotopic (exact) mass is 425 g/mol. The molecule has 0 aliphatic heterocycles. The standard InChI is InChI=1S/C28H31NOSi/c1-29(2)27-18-16-23(17-19-27)22-26(20-21-31(3,4)5)28(30,24-12-8-6-9-13-24)25-14-10-7-11-15-25/h6-19,22,30H,1-5H3/b26-22+. The van der Waals surface area contributed by atoms with E-state index < -0.39 is 13.7 Å². The van der Waals surface area contributed by atoms with Crippen LogP contribution in [0, 0.1) is 11.5 Å². The summed E-state index contributed by atoms with van der Waals surface area (Å²) in [4.78, 5) is 2.07. The van der Waals surface area contributed by atoms with E-state index >= 15 is 0 Å². The fourth-order valence-electron chi connectivity index (χ4n) is 3.36. The molecule has 0 saturated heterocycles. The van der Waals surface area contributed by atoms with Crippen LogP contribution in [-0.4, -0.2) is 27.3 Å². The summed E-state index contributed by atoms with van der Waals surface area (Å²) < 4.78 is 0. The fraction of sp³-hybridized carbons (Fsp3) is 0.214. The Labute approximate surface area is 187 Å². The number of hydrogen-bond acceptors (Lipinski definition) is 2. The lowest BCUT2D eigenvalue weighted by Crippen LogP contribution is -2.30. The molecule has 3 aromatic rings. The van der Waals surface area contributed by atoms with Crippen molar-refractivity contribution in [3.8, 4) is 11.5 Å². The van der Waals surface area contributed by atoms with Gasteiger partial charge in [0.2, 0.25) is 0 Å². The van der Waals surface area contributed by atoms with E-state index in [4.69, 9.17) is 0 Å². The lowest BCUT2D eigenvalue weighted by atomic mass is 9.79. The van der Waals surface area contributed by atoms with Gasteiger partial charge in [0.05, 0.1) is 0 Å². The average Bonchev–Trinajstić information content (AvgIpc) is 2.77. The van der Waals surface area contributed by atoms with Crippen LogP contribution in [-0.2, 0) is 5.60 Å². The van der Waals surface area contributed by atoms with Gasteiger partial charge in [-0.2, -0.15) is 0 Å². The molecule has 0 fully saturated rings. The Morgan fingerprint density at radius 3 is 1.71 bits per heavy atom. The molecule has 0 atom stereocenters. The van der Waals surface area contributed by atoms with Crippen LogP contribution in [0.3, 0.4) is 0 Å². The average molecular weight is 426 g/mol. The maximum Gasteiger partial charge on any atom is 0.148 e. The molecule has 3 aromatic carbocycles. The Bertz CT molecular complexity index is 1040. The van der Waals surface area contributed by atoms with Crippen molar-refractivity contribution in [2.24, 2.45) is 0 Å². The highest BCUT2D eigenvalue weighted by atomic mass is 28.3. The van der Waals surface area contributed by atoms with Crippen molar-refractivity contribution in [2.45, 2.75) is 25.2 Å². The van der Waals surface area contributed by atoms with Crippen molar-refractivity contribution in [1.82, 2.24) is 0 Å². The normalized spacial score (nSPS) is 12.1. The van der Waals surface area contributed by atoms with E-state index in [-0.39, 0.29) is 0 Å². The highest BCUT2D eigenvalue weighted by Gasteiger charge is 2.35. The molecule has 0 heterocycles. The third kappa shape index (κ3) is 5.55. The van der Waals surface area contributed by atoms with Crippen LogP contribution in [0.15, 0.2) is 90.5 Å². The predicted octanol–water partition coefficient (Wildman–Crippen LogP) is 5.95. The minimum atomic E-state index is -1.66. The van der Waals surface area contributed by atoms with E-state index in [2.05, 4.69) is 60.3 Å². The lowest BCUT2D eigenvalue weighted by molar-refractivity contribution is 0.127. The molecule has 158 valence electrons. The molecular formula is C28H31NOSi. The molecule has 0 unspecified atom stereocenters. The van der Waals surface area contributed by atoms with Gasteiger partial charge in [-0.05, 0) is 34.9 Å². The second-order valence-corrected chi connectivity index (χ2v) is 13.7. The first-order chi connectivity index (χ1) is 14.7. The first kappa shape index (κ1) is 22.6. The third-order valence-corrected chi connectivity index (χ3v) is 5.94. The Kier molecular flexibility index (Phi) is 6.85. The maximum absolute atomic E-state index is 12.3. The summed E-state index contributed by atoms with van der Waals surface area (Å²) in [6.45, 7) is 6.65. The summed E-state index contributed by atoms with van der Waals surface area (Å²) in [5, 5.41) is 12.3. The Morgan fingerprint density at radius 1 is 0.806 bits per heavy atom. The molecule has 0 saturated carbocycles. The lowest BCUT2D eigenvalue weighted by Gasteiger charge is -2.30. The van der Waals surface area contributed by atoms with Gasteiger partial charge >= 0.3 is 0 Å². The molecule has 0 aliphatic rings. The third-order valence-electron chi connectivity index (χ3n) is 5.07. The van der Waals surface area contributed by atoms with E-state index in [1.54, 1.807) is 0 Å². The largest absolute Gasteiger partial charge is 0.378 e. The smallest absolute Gasteiger partial charge is 0.148 e. The number of benzene rings is 3. The van der Waals surface area contributed by atoms with Gasteiger partial charge in [0, 0.05) is 25.4 Å². The van der Waals surface area contributed by atoms with E-state index in [0.717, 1.165) is 22.4 Å². The topological polar surface area (TPSA) is 23.5 Å². The molecule has 1 N–H and O–H groups in total. The Balaban J connectivity index is 2.24. The Morgan fingerprint density at radius 2 is 1.29 bits per heavy atom. The minimum absolute atomic E-state index is 0.685. The van der Waals surface area contributed by atoms with Gasteiger partial charge in [-0.25, -0.2) is 0 Å². The van der Waals surface area contributed by atoms with E-state index in [0.29, 0.717) is 5.57 Å². The van der Waals surface area contributed by atoms with Crippen molar-refractivity contribution in [1.29, 1.82) is 0 Å². The van der Waals surface area contributed by atoms with Gasteiger partial charge in [0.1, 0.15) is 13.7 Å². The van der Waals surface area contributed by atoms with Crippen molar-refractivity contribution < 1.29 is 5.11 Å². The van der Waals surface area contributed by atoms with E-state index in [9.17, 15) is 5.11 Å². The summed E-state index contributed by atoms with van der Waals surface area (Å²) in [6, 6.07) is 27.9. The minimum Gasteiger partial charge on any atom is -0.378 e. The van der Waals surface area contributed by atoms with Crippen molar-refractivity contribution in [2.75, 3.05) is 19.0 Å². The number of anilines is 1. The molecule has 0 aromatic heterocycles. The van der Waals surface area contributed by atoms with Crippen LogP contribution < -0.4 is 4.90 Å². The molecule has 3 rings (SSSR count). The molecule has 0 bridgehead atoms. The first-order valence-electron chi connectivity index (χ1n) is 10.6. The van der Waals surface area contributed by atoms with Crippen LogP contribution >= 0.6 is 0 Å². The second-order valence-electron chi connectivity index (χ2n) is 8.99. The van der Waals surface area contributed by atoms with Gasteiger partial charge in [-0.1, -0.05) is 98.4 Å². The number of aliphatic hydroxyl groups is 1. The van der Waals surface area contributed by atoms with Crippen molar-refractivity contribution in [3.63, 3.8) is 0 Å². The number of hydrogen-bond donors (Lipinski definition) is 1. The molecular weight excluding hydrogens is 394 g/mol. The van der Waals surface area contributed by atoms with Crippen LogP contribution in [0.4, 0.5) is 5.69 Å². The zero-order chi connectivity index (χ0) is 22.5. The molecule has 2 nitrogen and oxygen atoms in total. The van der Waals surface area contributed by atoms with Gasteiger partial charge in [0.15, 0.2) is 0 Å². The molecule has 0 radical (unpaired) electrons. The highest BCUT2D eigenvalue weighted by molar-refractivity contribution is 6.83. The molecule has 0 amide bonds. The molecule has 3 heteroatoms. The van der Waals surface area contributed by atoms with Crippen LogP contribution in [0.25, 0.3) is 6.08 Å². The number of nitrogens with zero attached hydrogens (tertiary/aromatic N) is 1. The summed E-state index contributed by atoms with van der Waals surface area (Å²) in [5.41, 5.74) is 6.57. The quantitative estimate of drug-likeness (QED) is 0.403. The summed E-state index contributed by atoms with van der Waals surface area (Å²) >= 11 is 0. The zero-order valence-electron chi connectivity index (χ0n) is 19.1. The molecule has 31 heavy (non-hydrogen) atoms. The van der Waals surface area contributed by atoms with E-state index in [1.165, 1.54) is 0 Å². The summed E-state index contributed by atoms with van der Waals surface area (Å²) in [7, 11) is 2.39. The Hall–Kier alpha value is -3.06. The van der Waals surface area contributed by atoms with Crippen molar-refractivity contribution >= 4 is 19.8 Å². The van der Waals surface area contributed by atoms with Gasteiger partial charge in [-0.15, -0.1) is 5.54 Å². The predicted molar refractivity (Wildman–Crippen MR) is 136 cm³/mol. The van der Waals surface area contributed by atoms with Crippen LogP contribution in [0.5, 0.6) is 0 Å². The van der Waals surface area contributed by atoms with Crippen molar-refractivity contribution in [3.05, 3.63) is 107 Å². The maximum atomic E-state index is 12.3. The molecule has 0 aliphatic carbocycles. The summed E-state index contributed by atoms with van der Waals surface area (Å²) in [5.74, 6) is 3.40. The van der Waals surface area contributed by atoms with Crippen LogP contribution in [0.1, 0.15) is 16.7 Å². The fourth-order valence-corrected chi connectivity index (χ4v) is 3.87. The SMILES string of the molecule is CN(C)c1ccc(/C=C(\C#C[Si](C)(C)C)C(O)(c2ccccc2)c2ccccc2)cc1. The summed E-state index contributed by atoms with van der Waals surface area (Å²) in [6.07, 6.45) is 2.02. The molecule has 0 spiro atoms. The zero-order valence-corrected chi connectivity index (χ0v) is 20.1. The van der Waals surface area contributed by atoms with Gasteiger partial charge in [0.25, 0.3) is 0 Å². The van der Waals surface area contributed by atoms with E-state index in [1.807, 2.05) is 80.8 Å². The second kappa shape index (κ2) is 9.39. The van der Waals surface area contributed by atoms with Gasteiger partial charge in [-0.3, -0.25) is 0 Å². The first-order valence-corrected chi connectivity index (χ1v) is 14.1. The highest BCUT2D eigenvalue weighted by Crippen LogP contribution is 2.37. The number of rotatable bonds is 5. The van der Waals surface area contributed by atoms with Crippen LogP contribution in [0.2, 0.25) is 19.6 Å².